The van der Waals surface area contributed by atoms with Crippen LogP contribution in [0.2, 0.25) is 0 Å². The standard InChI is InChI=1S/C18H18FN5O3/c1-11-4-5-14(7-16(11)19)24-12(2)6-15(13(24)3)17(25)9-27-18(26)8-23-10-20-21-22-23/h4-7,10H,8-9H2,1-3H3. The molecule has 0 unspecified atom stereocenters. The third kappa shape index (κ3) is 3.91. The molecule has 2 aromatic heterocycles. The van der Waals surface area contributed by atoms with Gasteiger partial charge in [-0.3, -0.25) is 9.59 Å². The van der Waals surface area contributed by atoms with Crippen LogP contribution in [0.1, 0.15) is 27.3 Å². The SMILES string of the molecule is Cc1ccc(-n2c(C)cc(C(=O)COC(=O)Cn3cnnn3)c2C)cc1F. The van der Waals surface area contributed by atoms with Gasteiger partial charge in [-0.1, -0.05) is 6.07 Å². The predicted octanol–water partition coefficient (Wildman–Crippen LogP) is 1.95. The summed E-state index contributed by atoms with van der Waals surface area (Å²) in [6.45, 7) is 4.70. The van der Waals surface area contributed by atoms with Crippen LogP contribution in [0.3, 0.4) is 0 Å². The number of tetrazole rings is 1. The molecule has 0 fully saturated rings. The summed E-state index contributed by atoms with van der Waals surface area (Å²) in [6, 6.07) is 6.60. The van der Waals surface area contributed by atoms with Crippen LogP contribution in [-0.2, 0) is 16.1 Å². The van der Waals surface area contributed by atoms with Gasteiger partial charge in [-0.25, -0.2) is 9.07 Å². The summed E-state index contributed by atoms with van der Waals surface area (Å²) in [5.41, 5.74) is 3.02. The Kier molecular flexibility index (Phi) is 5.11. The van der Waals surface area contributed by atoms with E-state index in [0.29, 0.717) is 22.5 Å². The van der Waals surface area contributed by atoms with Crippen molar-refractivity contribution in [2.75, 3.05) is 6.61 Å². The van der Waals surface area contributed by atoms with E-state index in [9.17, 15) is 14.0 Å². The van der Waals surface area contributed by atoms with Gasteiger partial charge in [-0.2, -0.15) is 0 Å². The maximum Gasteiger partial charge on any atom is 0.328 e. The Morgan fingerprint density at radius 1 is 1.19 bits per heavy atom. The van der Waals surface area contributed by atoms with Gasteiger partial charge in [0.15, 0.2) is 6.61 Å². The lowest BCUT2D eigenvalue weighted by Crippen LogP contribution is -2.19. The normalized spacial score (nSPS) is 10.8. The number of ether oxygens (including phenoxy) is 1. The Morgan fingerprint density at radius 3 is 2.63 bits per heavy atom. The van der Waals surface area contributed by atoms with Crippen LogP contribution in [0.15, 0.2) is 30.6 Å². The zero-order chi connectivity index (χ0) is 19.6. The fraction of sp³-hybridized carbons (Fsp3) is 0.278. The predicted molar refractivity (Wildman–Crippen MR) is 93.0 cm³/mol. The van der Waals surface area contributed by atoms with Crippen LogP contribution in [0.4, 0.5) is 4.39 Å². The van der Waals surface area contributed by atoms with Crippen molar-refractivity contribution in [3.63, 3.8) is 0 Å². The fourth-order valence-electron chi connectivity index (χ4n) is 2.82. The number of rotatable bonds is 6. The highest BCUT2D eigenvalue weighted by Crippen LogP contribution is 2.23. The number of nitrogens with zero attached hydrogens (tertiary/aromatic N) is 5. The first-order valence-electron chi connectivity index (χ1n) is 8.22. The third-order valence-electron chi connectivity index (χ3n) is 4.19. The highest BCUT2D eigenvalue weighted by atomic mass is 19.1. The number of hydrogen-bond acceptors (Lipinski definition) is 6. The quantitative estimate of drug-likeness (QED) is 0.486. The van der Waals surface area contributed by atoms with Crippen molar-refractivity contribution < 1.29 is 18.7 Å². The highest BCUT2D eigenvalue weighted by Gasteiger charge is 2.19. The van der Waals surface area contributed by atoms with Crippen LogP contribution in [-0.4, -0.2) is 43.1 Å². The van der Waals surface area contributed by atoms with Crippen LogP contribution >= 0.6 is 0 Å². The van der Waals surface area contributed by atoms with Gasteiger partial charge in [0.05, 0.1) is 0 Å². The molecule has 0 N–H and O–H groups in total. The molecule has 2 heterocycles. The second-order valence-electron chi connectivity index (χ2n) is 6.14. The Hall–Kier alpha value is -3.36. The van der Waals surface area contributed by atoms with Gasteiger partial charge in [0, 0.05) is 22.6 Å². The maximum absolute atomic E-state index is 13.9. The number of carbonyl (C=O) groups is 2. The minimum absolute atomic E-state index is 0.179. The molecule has 0 atom stereocenters. The number of benzene rings is 1. The number of carbonyl (C=O) groups excluding carboxylic acids is 2. The lowest BCUT2D eigenvalue weighted by molar-refractivity contribution is -0.143. The molecule has 0 aliphatic heterocycles. The molecule has 0 amide bonds. The number of hydrogen-bond donors (Lipinski definition) is 0. The van der Waals surface area contributed by atoms with E-state index in [1.165, 1.54) is 17.1 Å². The average Bonchev–Trinajstić information content (AvgIpc) is 3.23. The molecular formula is C18H18FN5O3. The summed E-state index contributed by atoms with van der Waals surface area (Å²) in [7, 11) is 0. The number of aromatic nitrogens is 5. The largest absolute Gasteiger partial charge is 0.456 e. The number of esters is 1. The molecule has 0 aliphatic carbocycles. The second-order valence-corrected chi connectivity index (χ2v) is 6.14. The van der Waals surface area contributed by atoms with Crippen molar-refractivity contribution in [3.05, 3.63) is 58.9 Å². The maximum atomic E-state index is 13.9. The van der Waals surface area contributed by atoms with Crippen LogP contribution in [0, 0.1) is 26.6 Å². The first-order chi connectivity index (χ1) is 12.9. The molecule has 3 rings (SSSR count). The first kappa shape index (κ1) is 18.4. The lowest BCUT2D eigenvalue weighted by atomic mass is 10.1. The van der Waals surface area contributed by atoms with E-state index in [4.69, 9.17) is 4.74 Å². The summed E-state index contributed by atoms with van der Waals surface area (Å²) in [5.74, 6) is -1.28. The average molecular weight is 371 g/mol. The zero-order valence-electron chi connectivity index (χ0n) is 15.1. The summed E-state index contributed by atoms with van der Waals surface area (Å²) < 4.78 is 21.9. The molecular weight excluding hydrogens is 353 g/mol. The van der Waals surface area contributed by atoms with Crippen molar-refractivity contribution in [3.8, 4) is 5.69 Å². The first-order valence-corrected chi connectivity index (χ1v) is 8.22. The smallest absolute Gasteiger partial charge is 0.328 e. The highest BCUT2D eigenvalue weighted by molar-refractivity contribution is 5.99. The van der Waals surface area contributed by atoms with Gasteiger partial charge < -0.3 is 9.30 Å². The van der Waals surface area contributed by atoms with Gasteiger partial charge in [0.1, 0.15) is 18.7 Å². The van der Waals surface area contributed by atoms with Gasteiger partial charge in [0.2, 0.25) is 5.78 Å². The van der Waals surface area contributed by atoms with E-state index in [0.717, 1.165) is 5.69 Å². The second kappa shape index (κ2) is 7.48. The molecule has 3 aromatic rings. The van der Waals surface area contributed by atoms with Crippen LogP contribution in [0.5, 0.6) is 0 Å². The molecule has 1 aromatic carbocycles. The van der Waals surface area contributed by atoms with Crippen LogP contribution < -0.4 is 0 Å². The molecule has 27 heavy (non-hydrogen) atoms. The number of ketones is 1. The monoisotopic (exact) mass is 371 g/mol. The van der Waals surface area contributed by atoms with Crippen molar-refractivity contribution >= 4 is 11.8 Å². The lowest BCUT2D eigenvalue weighted by Gasteiger charge is -2.11. The molecule has 140 valence electrons. The van der Waals surface area contributed by atoms with Gasteiger partial charge in [-0.05, 0) is 55.0 Å². The summed E-state index contributed by atoms with van der Waals surface area (Å²) >= 11 is 0. The third-order valence-corrected chi connectivity index (χ3v) is 4.19. The van der Waals surface area contributed by atoms with Gasteiger partial charge in [-0.15, -0.1) is 5.10 Å². The number of aryl methyl sites for hydroxylation is 2. The van der Waals surface area contributed by atoms with Crippen molar-refractivity contribution in [1.82, 2.24) is 24.8 Å². The van der Waals surface area contributed by atoms with E-state index in [1.54, 1.807) is 36.6 Å². The van der Waals surface area contributed by atoms with E-state index < -0.39 is 12.6 Å². The van der Waals surface area contributed by atoms with E-state index >= 15 is 0 Å². The molecule has 0 bridgehead atoms. The van der Waals surface area contributed by atoms with E-state index in [-0.39, 0.29) is 18.1 Å². The number of Topliss-reactive ketones (excluding diaryl/α,β-unsaturated/α-hetero) is 1. The van der Waals surface area contributed by atoms with Crippen molar-refractivity contribution in [1.29, 1.82) is 0 Å². The Morgan fingerprint density at radius 2 is 1.96 bits per heavy atom. The van der Waals surface area contributed by atoms with Gasteiger partial charge in [0.25, 0.3) is 0 Å². The Labute approximate surface area is 154 Å². The minimum atomic E-state index is -0.620. The zero-order valence-corrected chi connectivity index (χ0v) is 15.1. The summed E-state index contributed by atoms with van der Waals surface area (Å²) in [4.78, 5) is 24.2. The van der Waals surface area contributed by atoms with E-state index in [1.807, 2.05) is 6.92 Å². The Balaban J connectivity index is 1.74. The molecule has 0 spiro atoms. The molecule has 8 nitrogen and oxygen atoms in total. The van der Waals surface area contributed by atoms with Crippen LogP contribution in [0.25, 0.3) is 5.69 Å². The number of halogens is 1. The van der Waals surface area contributed by atoms with Crippen molar-refractivity contribution in [2.45, 2.75) is 27.3 Å². The Bertz CT molecular complexity index is 995. The molecule has 0 saturated heterocycles. The molecule has 0 saturated carbocycles. The summed E-state index contributed by atoms with van der Waals surface area (Å²) in [5, 5.41) is 10.4. The van der Waals surface area contributed by atoms with Gasteiger partial charge >= 0.3 is 5.97 Å². The molecule has 0 radical (unpaired) electrons. The molecule has 9 heteroatoms. The topological polar surface area (TPSA) is 91.9 Å². The van der Waals surface area contributed by atoms with Crippen molar-refractivity contribution in [2.24, 2.45) is 0 Å². The molecule has 0 aliphatic rings. The van der Waals surface area contributed by atoms with E-state index in [2.05, 4.69) is 15.5 Å². The fourth-order valence-corrected chi connectivity index (χ4v) is 2.82. The summed E-state index contributed by atoms with van der Waals surface area (Å²) in [6.07, 6.45) is 1.28. The minimum Gasteiger partial charge on any atom is -0.456 e.